The van der Waals surface area contributed by atoms with Gasteiger partial charge in [0.1, 0.15) is 0 Å². The molecule has 162 valence electrons. The number of esters is 1. The third kappa shape index (κ3) is 5.82. The highest BCUT2D eigenvalue weighted by atomic mass is 32.2. The number of alkyl halides is 3. The maximum absolute atomic E-state index is 12.7. The predicted molar refractivity (Wildman–Crippen MR) is 102 cm³/mol. The van der Waals surface area contributed by atoms with Crippen LogP contribution >= 0.6 is 0 Å². The van der Waals surface area contributed by atoms with Gasteiger partial charge in [0, 0.05) is 6.04 Å². The van der Waals surface area contributed by atoms with Crippen molar-refractivity contribution in [2.75, 3.05) is 6.61 Å². The van der Waals surface area contributed by atoms with Gasteiger partial charge in [-0.25, -0.2) is 13.2 Å². The van der Waals surface area contributed by atoms with Gasteiger partial charge in [-0.2, -0.15) is 13.2 Å². The number of amides is 1. The second-order valence-corrected chi connectivity index (χ2v) is 8.42. The van der Waals surface area contributed by atoms with E-state index in [2.05, 4.69) is 0 Å². The summed E-state index contributed by atoms with van der Waals surface area (Å²) < 4.78 is 67.2. The van der Waals surface area contributed by atoms with Gasteiger partial charge >= 0.3 is 18.1 Å². The van der Waals surface area contributed by atoms with Crippen molar-refractivity contribution in [3.05, 3.63) is 59.7 Å². The molecule has 6 nitrogen and oxygen atoms in total. The number of nitrogens with one attached hydrogen (secondary N) is 1. The van der Waals surface area contributed by atoms with Gasteiger partial charge in [-0.15, -0.1) is 0 Å². The lowest BCUT2D eigenvalue weighted by Gasteiger charge is -2.15. The Hall–Kier alpha value is -2.88. The van der Waals surface area contributed by atoms with Gasteiger partial charge in [0.2, 0.25) is 9.84 Å². The molecule has 0 aromatic heterocycles. The minimum absolute atomic E-state index is 0.0119. The van der Waals surface area contributed by atoms with Crippen LogP contribution in [-0.4, -0.2) is 39.1 Å². The molecule has 0 aliphatic rings. The maximum Gasteiger partial charge on any atom is 0.471 e. The number of rotatable bonds is 7. The summed E-state index contributed by atoms with van der Waals surface area (Å²) in [5.41, 5.74) is 0.780. The lowest BCUT2D eigenvalue weighted by molar-refractivity contribution is -0.174. The Labute approximate surface area is 172 Å². The number of ether oxygens (including phenoxy) is 1. The van der Waals surface area contributed by atoms with Crippen molar-refractivity contribution in [3.8, 4) is 0 Å². The Morgan fingerprint density at radius 3 is 1.97 bits per heavy atom. The fraction of sp³-hybridized carbons (Fsp3) is 0.300. The molecule has 0 aliphatic heterocycles. The molecule has 0 unspecified atom stereocenters. The van der Waals surface area contributed by atoms with E-state index >= 15 is 0 Å². The molecule has 30 heavy (non-hydrogen) atoms. The van der Waals surface area contributed by atoms with Gasteiger partial charge in [-0.1, -0.05) is 12.1 Å². The smallest absolute Gasteiger partial charge is 0.462 e. The number of benzene rings is 2. The van der Waals surface area contributed by atoms with Gasteiger partial charge in [-0.3, -0.25) is 4.79 Å². The van der Waals surface area contributed by atoms with Gasteiger partial charge in [0.05, 0.1) is 22.0 Å². The maximum atomic E-state index is 12.7. The molecule has 2 rings (SSSR count). The molecular weight excluding hydrogens is 423 g/mol. The summed E-state index contributed by atoms with van der Waals surface area (Å²) in [6.07, 6.45) is -4.87. The van der Waals surface area contributed by atoms with Crippen LogP contribution in [0.2, 0.25) is 0 Å². The van der Waals surface area contributed by atoms with Crippen LogP contribution in [-0.2, 0) is 25.8 Å². The van der Waals surface area contributed by atoms with Crippen LogP contribution in [0.5, 0.6) is 0 Å². The first kappa shape index (κ1) is 23.4. The fourth-order valence-electron chi connectivity index (χ4n) is 2.64. The van der Waals surface area contributed by atoms with Crippen molar-refractivity contribution in [1.29, 1.82) is 0 Å². The van der Waals surface area contributed by atoms with Crippen molar-refractivity contribution in [2.45, 2.75) is 42.3 Å². The van der Waals surface area contributed by atoms with E-state index in [1.54, 1.807) is 6.92 Å². The SMILES string of the molecule is CCOC(=O)c1ccc(S(=O)(=O)c2ccc(C[C@@H](C)NC(=O)C(F)(F)F)cc2)cc1. The van der Waals surface area contributed by atoms with E-state index in [9.17, 15) is 31.2 Å². The highest BCUT2D eigenvalue weighted by Gasteiger charge is 2.39. The number of carbonyl (C=O) groups is 2. The number of carbonyl (C=O) groups excluding carboxylic acids is 2. The Morgan fingerprint density at radius 2 is 1.50 bits per heavy atom. The third-order valence-electron chi connectivity index (χ3n) is 4.09. The zero-order chi connectivity index (χ0) is 22.5. The highest BCUT2D eigenvalue weighted by molar-refractivity contribution is 7.91. The van der Waals surface area contributed by atoms with Crippen molar-refractivity contribution in [3.63, 3.8) is 0 Å². The molecule has 0 heterocycles. The van der Waals surface area contributed by atoms with Gasteiger partial charge in [-0.05, 0) is 62.2 Å². The van der Waals surface area contributed by atoms with Gasteiger partial charge < -0.3 is 10.1 Å². The zero-order valence-corrected chi connectivity index (χ0v) is 17.0. The molecule has 1 amide bonds. The molecule has 0 bridgehead atoms. The first-order chi connectivity index (χ1) is 13.9. The molecule has 1 N–H and O–H groups in total. The Bertz CT molecular complexity index is 1000. The number of halogens is 3. The quantitative estimate of drug-likeness (QED) is 0.664. The molecule has 2 aromatic rings. The van der Waals surface area contributed by atoms with E-state index in [1.165, 1.54) is 55.5 Å². The average molecular weight is 443 g/mol. The second kappa shape index (κ2) is 9.29. The second-order valence-electron chi connectivity index (χ2n) is 6.47. The van der Waals surface area contributed by atoms with E-state index in [0.29, 0.717) is 5.56 Å². The van der Waals surface area contributed by atoms with Crippen LogP contribution < -0.4 is 5.32 Å². The van der Waals surface area contributed by atoms with Gasteiger partial charge in [0.25, 0.3) is 0 Å². The van der Waals surface area contributed by atoms with E-state index in [4.69, 9.17) is 4.74 Å². The number of hydrogen-bond donors (Lipinski definition) is 1. The molecule has 10 heteroatoms. The number of sulfone groups is 1. The summed E-state index contributed by atoms with van der Waals surface area (Å²) in [5, 5.41) is 1.84. The summed E-state index contributed by atoms with van der Waals surface area (Å²) in [7, 11) is -3.85. The standard InChI is InChI=1S/C20H20F3NO5S/c1-3-29-18(25)15-6-10-17(11-7-15)30(27,28)16-8-4-14(5-9-16)12-13(2)24-19(26)20(21,22)23/h4-11,13H,3,12H2,1-2H3,(H,24,26)/t13-/m1/s1. The summed E-state index contributed by atoms with van der Waals surface area (Å²) >= 11 is 0. The fourth-order valence-corrected chi connectivity index (χ4v) is 3.90. The summed E-state index contributed by atoms with van der Waals surface area (Å²) in [5.74, 6) is -2.59. The van der Waals surface area contributed by atoms with Crippen molar-refractivity contribution in [2.24, 2.45) is 0 Å². The molecule has 0 spiro atoms. The molecular formula is C20H20F3NO5S. The zero-order valence-electron chi connectivity index (χ0n) is 16.2. The Morgan fingerprint density at radius 1 is 1.00 bits per heavy atom. The lowest BCUT2D eigenvalue weighted by atomic mass is 10.1. The first-order valence-corrected chi connectivity index (χ1v) is 10.4. The molecule has 0 saturated heterocycles. The van der Waals surface area contributed by atoms with E-state index in [0.717, 1.165) is 0 Å². The van der Waals surface area contributed by atoms with Crippen LogP contribution in [0, 0.1) is 0 Å². The molecule has 0 fully saturated rings. The monoisotopic (exact) mass is 443 g/mol. The van der Waals surface area contributed by atoms with Gasteiger partial charge in [0.15, 0.2) is 0 Å². The highest BCUT2D eigenvalue weighted by Crippen LogP contribution is 2.22. The lowest BCUT2D eigenvalue weighted by Crippen LogP contribution is -2.42. The van der Waals surface area contributed by atoms with Crippen LogP contribution in [0.3, 0.4) is 0 Å². The van der Waals surface area contributed by atoms with Crippen LogP contribution in [0.1, 0.15) is 29.8 Å². The molecule has 0 aliphatic carbocycles. The number of hydrogen-bond acceptors (Lipinski definition) is 5. The van der Waals surface area contributed by atoms with E-state index < -0.39 is 33.9 Å². The van der Waals surface area contributed by atoms with Crippen LogP contribution in [0.4, 0.5) is 13.2 Å². The topological polar surface area (TPSA) is 89.5 Å². The average Bonchev–Trinajstić information content (AvgIpc) is 2.68. The Balaban J connectivity index is 2.11. The minimum Gasteiger partial charge on any atom is -0.462 e. The first-order valence-electron chi connectivity index (χ1n) is 8.94. The molecule has 0 radical (unpaired) electrons. The minimum atomic E-state index is -4.96. The molecule has 2 aromatic carbocycles. The normalized spacial score (nSPS) is 12.8. The summed E-state index contributed by atoms with van der Waals surface area (Å²) in [6.45, 7) is 3.27. The summed E-state index contributed by atoms with van der Waals surface area (Å²) in [4.78, 5) is 22.6. The Kier molecular flexibility index (Phi) is 7.25. The van der Waals surface area contributed by atoms with Crippen molar-refractivity contribution < 1.29 is 35.9 Å². The molecule has 0 saturated carbocycles. The van der Waals surface area contributed by atoms with Crippen molar-refractivity contribution >= 4 is 21.7 Å². The summed E-state index contributed by atoms with van der Waals surface area (Å²) in [6, 6.07) is 10.1. The van der Waals surface area contributed by atoms with Crippen LogP contribution in [0.15, 0.2) is 58.3 Å². The largest absolute Gasteiger partial charge is 0.471 e. The van der Waals surface area contributed by atoms with E-state index in [1.807, 2.05) is 5.32 Å². The molecule has 1 atom stereocenters. The third-order valence-corrected chi connectivity index (χ3v) is 5.87. The van der Waals surface area contributed by atoms with Crippen LogP contribution in [0.25, 0.3) is 0 Å². The van der Waals surface area contributed by atoms with E-state index in [-0.39, 0.29) is 28.4 Å². The van der Waals surface area contributed by atoms with Crippen molar-refractivity contribution in [1.82, 2.24) is 5.32 Å². The predicted octanol–water partition coefficient (Wildman–Crippen LogP) is 3.31.